The average Bonchev–Trinajstić information content (AvgIpc) is 3.29. The fourth-order valence-corrected chi connectivity index (χ4v) is 4.60. The van der Waals surface area contributed by atoms with Crippen LogP contribution in [0.3, 0.4) is 0 Å². The largest absolute Gasteiger partial charge is 0.382 e. The summed E-state index contributed by atoms with van der Waals surface area (Å²) in [4.78, 5) is 46.2. The Morgan fingerprint density at radius 1 is 1.27 bits per heavy atom. The van der Waals surface area contributed by atoms with E-state index in [0.717, 1.165) is 35.9 Å². The van der Waals surface area contributed by atoms with E-state index in [1.54, 1.807) is 22.4 Å². The van der Waals surface area contributed by atoms with E-state index in [9.17, 15) is 14.4 Å². The van der Waals surface area contributed by atoms with E-state index in [-0.39, 0.29) is 28.3 Å². The number of rotatable bonds is 5. The Bertz CT molecular complexity index is 1140. The number of aromatic amines is 1. The van der Waals surface area contributed by atoms with Crippen LogP contribution >= 0.6 is 23.1 Å². The standard InChI is InChI=1S/C20H19N5O3S2/c21-17-16(22-18(27)14-8-4-10-29-14)19(28)24-20(23-17)30-11-15(26)25-9-3-6-12-5-1-2-7-13(12)25/h1-2,4-5,7-8,10H,3,6,9,11H2,(H,22,27)(H3,21,23,24,28). The van der Waals surface area contributed by atoms with Crippen molar-refractivity contribution in [3.8, 4) is 0 Å². The summed E-state index contributed by atoms with van der Waals surface area (Å²) in [5, 5.41) is 4.48. The quantitative estimate of drug-likeness (QED) is 0.413. The second-order valence-electron chi connectivity index (χ2n) is 6.63. The molecule has 30 heavy (non-hydrogen) atoms. The molecule has 0 saturated heterocycles. The van der Waals surface area contributed by atoms with Crippen LogP contribution in [0.25, 0.3) is 0 Å². The molecule has 0 bridgehead atoms. The average molecular weight is 442 g/mol. The molecule has 0 spiro atoms. The highest BCUT2D eigenvalue weighted by Crippen LogP contribution is 2.28. The number of aryl methyl sites for hydroxylation is 1. The number of anilines is 3. The fourth-order valence-electron chi connectivity index (χ4n) is 3.24. The minimum absolute atomic E-state index is 0.0663. The first-order valence-corrected chi connectivity index (χ1v) is 11.1. The zero-order chi connectivity index (χ0) is 21.1. The molecule has 0 unspecified atom stereocenters. The van der Waals surface area contributed by atoms with Crippen molar-refractivity contribution in [3.05, 3.63) is 62.6 Å². The lowest BCUT2D eigenvalue weighted by atomic mass is 10.0. The first-order valence-electron chi connectivity index (χ1n) is 9.28. The minimum atomic E-state index is -0.564. The van der Waals surface area contributed by atoms with Crippen LogP contribution in [0, 0.1) is 0 Å². The van der Waals surface area contributed by atoms with Gasteiger partial charge < -0.3 is 16.0 Å². The molecule has 2 amide bonds. The van der Waals surface area contributed by atoms with Gasteiger partial charge in [0.25, 0.3) is 11.5 Å². The summed E-state index contributed by atoms with van der Waals surface area (Å²) in [6.45, 7) is 0.663. The topological polar surface area (TPSA) is 121 Å². The monoisotopic (exact) mass is 441 g/mol. The van der Waals surface area contributed by atoms with Crippen LogP contribution in [0.15, 0.2) is 51.7 Å². The summed E-state index contributed by atoms with van der Waals surface area (Å²) in [5.74, 6) is -0.480. The lowest BCUT2D eigenvalue weighted by Crippen LogP contribution is -2.36. The molecule has 154 valence electrons. The normalized spacial score (nSPS) is 13.0. The molecule has 1 aliphatic heterocycles. The number of nitrogen functional groups attached to an aromatic ring is 1. The second kappa shape index (κ2) is 8.72. The molecule has 0 fully saturated rings. The number of hydrogen-bond donors (Lipinski definition) is 3. The molecular formula is C20H19N5O3S2. The van der Waals surface area contributed by atoms with E-state index in [1.165, 1.54) is 11.3 Å². The third kappa shape index (κ3) is 4.24. The van der Waals surface area contributed by atoms with E-state index in [0.29, 0.717) is 11.4 Å². The Morgan fingerprint density at radius 2 is 2.10 bits per heavy atom. The maximum Gasteiger partial charge on any atom is 0.277 e. The zero-order valence-electron chi connectivity index (χ0n) is 15.9. The Morgan fingerprint density at radius 3 is 2.87 bits per heavy atom. The van der Waals surface area contributed by atoms with Crippen molar-refractivity contribution in [2.24, 2.45) is 0 Å². The number of carbonyl (C=O) groups is 2. The summed E-state index contributed by atoms with van der Waals surface area (Å²) in [6.07, 6.45) is 1.87. The van der Waals surface area contributed by atoms with Crippen LogP contribution in [0.5, 0.6) is 0 Å². The van der Waals surface area contributed by atoms with Crippen LogP contribution in [-0.4, -0.2) is 34.1 Å². The number of benzene rings is 1. The van der Waals surface area contributed by atoms with Gasteiger partial charge in [-0.05, 0) is 35.9 Å². The third-order valence-electron chi connectivity index (χ3n) is 4.65. The summed E-state index contributed by atoms with van der Waals surface area (Å²) < 4.78 is 0. The predicted octanol–water partition coefficient (Wildman–Crippen LogP) is 2.74. The molecular weight excluding hydrogens is 422 g/mol. The molecule has 1 aromatic carbocycles. The van der Waals surface area contributed by atoms with E-state index < -0.39 is 11.5 Å². The van der Waals surface area contributed by atoms with Crippen molar-refractivity contribution in [2.45, 2.75) is 18.0 Å². The summed E-state index contributed by atoms with van der Waals surface area (Å²) in [7, 11) is 0. The lowest BCUT2D eigenvalue weighted by molar-refractivity contribution is -0.116. The molecule has 2 aromatic heterocycles. The van der Waals surface area contributed by atoms with Crippen molar-refractivity contribution >= 4 is 52.1 Å². The minimum Gasteiger partial charge on any atom is -0.382 e. The Kier molecular flexibility index (Phi) is 5.86. The van der Waals surface area contributed by atoms with E-state index >= 15 is 0 Å². The number of carbonyl (C=O) groups excluding carboxylic acids is 2. The number of hydrogen-bond acceptors (Lipinski definition) is 7. The van der Waals surface area contributed by atoms with Crippen molar-refractivity contribution in [1.82, 2.24) is 9.97 Å². The second-order valence-corrected chi connectivity index (χ2v) is 8.54. The molecule has 3 heterocycles. The molecule has 8 nitrogen and oxygen atoms in total. The Balaban J connectivity index is 1.44. The van der Waals surface area contributed by atoms with Crippen molar-refractivity contribution in [1.29, 1.82) is 0 Å². The molecule has 1 aliphatic rings. The van der Waals surface area contributed by atoms with Gasteiger partial charge in [0, 0.05) is 12.2 Å². The number of amides is 2. The number of aromatic nitrogens is 2. The van der Waals surface area contributed by atoms with Crippen LogP contribution < -0.4 is 21.5 Å². The predicted molar refractivity (Wildman–Crippen MR) is 119 cm³/mol. The van der Waals surface area contributed by atoms with Gasteiger partial charge in [-0.3, -0.25) is 19.4 Å². The van der Waals surface area contributed by atoms with Crippen molar-refractivity contribution in [3.63, 3.8) is 0 Å². The highest BCUT2D eigenvalue weighted by Gasteiger charge is 2.22. The number of nitrogens with two attached hydrogens (primary N) is 1. The van der Waals surface area contributed by atoms with E-state index in [1.807, 2.05) is 24.3 Å². The van der Waals surface area contributed by atoms with Crippen LogP contribution in [-0.2, 0) is 11.2 Å². The number of nitrogens with zero attached hydrogens (tertiary/aromatic N) is 2. The number of fused-ring (bicyclic) bond motifs is 1. The third-order valence-corrected chi connectivity index (χ3v) is 6.38. The summed E-state index contributed by atoms with van der Waals surface area (Å²) in [5.41, 5.74) is 7.31. The molecule has 0 atom stereocenters. The molecule has 3 aromatic rings. The van der Waals surface area contributed by atoms with Gasteiger partial charge in [-0.15, -0.1) is 11.3 Å². The van der Waals surface area contributed by atoms with Gasteiger partial charge in [0.05, 0.1) is 10.6 Å². The van der Waals surface area contributed by atoms with Gasteiger partial charge in [0.2, 0.25) is 5.91 Å². The fraction of sp³-hybridized carbons (Fsp3) is 0.200. The molecule has 0 aliphatic carbocycles. The first-order chi connectivity index (χ1) is 14.5. The van der Waals surface area contributed by atoms with E-state index in [2.05, 4.69) is 15.3 Å². The Hall–Kier alpha value is -3.11. The summed E-state index contributed by atoms with van der Waals surface area (Å²) in [6, 6.07) is 11.2. The number of thioether (sulfide) groups is 1. The van der Waals surface area contributed by atoms with Gasteiger partial charge in [-0.25, -0.2) is 4.98 Å². The van der Waals surface area contributed by atoms with Crippen molar-refractivity contribution < 1.29 is 9.59 Å². The smallest absolute Gasteiger partial charge is 0.277 e. The highest BCUT2D eigenvalue weighted by atomic mass is 32.2. The summed E-state index contributed by atoms with van der Waals surface area (Å²) >= 11 is 2.36. The van der Waals surface area contributed by atoms with E-state index in [4.69, 9.17) is 5.73 Å². The zero-order valence-corrected chi connectivity index (χ0v) is 17.5. The lowest BCUT2D eigenvalue weighted by Gasteiger charge is -2.29. The van der Waals surface area contributed by atoms with Crippen LogP contribution in [0.4, 0.5) is 17.2 Å². The molecule has 0 saturated carbocycles. The van der Waals surface area contributed by atoms with Gasteiger partial charge in [-0.1, -0.05) is 36.0 Å². The van der Waals surface area contributed by atoms with Gasteiger partial charge in [0.15, 0.2) is 16.7 Å². The molecule has 4 N–H and O–H groups in total. The van der Waals surface area contributed by atoms with Crippen molar-refractivity contribution in [2.75, 3.05) is 28.2 Å². The first kappa shape index (κ1) is 20.2. The van der Waals surface area contributed by atoms with Crippen LogP contribution in [0.2, 0.25) is 0 Å². The number of nitrogens with one attached hydrogen (secondary N) is 2. The molecule has 10 heteroatoms. The van der Waals surface area contributed by atoms with Gasteiger partial charge in [0.1, 0.15) is 0 Å². The number of para-hydroxylation sites is 1. The maximum absolute atomic E-state index is 12.7. The molecule has 4 rings (SSSR count). The maximum atomic E-state index is 12.7. The van der Waals surface area contributed by atoms with Gasteiger partial charge in [-0.2, -0.15) is 0 Å². The Labute approximate surface area is 180 Å². The SMILES string of the molecule is Nc1nc(SCC(=O)N2CCCc3ccccc32)[nH]c(=O)c1NC(=O)c1cccs1. The van der Waals surface area contributed by atoms with Gasteiger partial charge >= 0.3 is 0 Å². The molecule has 0 radical (unpaired) electrons. The number of H-pyrrole nitrogens is 1. The van der Waals surface area contributed by atoms with Crippen LogP contribution in [0.1, 0.15) is 21.7 Å². The highest BCUT2D eigenvalue weighted by molar-refractivity contribution is 7.99. The number of thiophene rings is 1.